The molecule has 0 aromatic heterocycles. The normalized spacial score (nSPS) is 17.6. The molecule has 6 heteroatoms. The third-order valence-electron chi connectivity index (χ3n) is 3.65. The number of nitrogens with zero attached hydrogens (tertiary/aromatic N) is 2. The van der Waals surface area contributed by atoms with Crippen LogP contribution in [0.15, 0.2) is 24.3 Å². The van der Waals surface area contributed by atoms with Gasteiger partial charge >= 0.3 is 0 Å². The fourth-order valence-corrected chi connectivity index (χ4v) is 2.78. The molecular weight excluding hydrogens is 278 g/mol. The van der Waals surface area contributed by atoms with Crippen LogP contribution < -0.4 is 4.90 Å². The molecular formula is C15H20F2N2O2. The Morgan fingerprint density at radius 1 is 1.48 bits per heavy atom. The standard InChI is InChI=1S/C15H20F2N2O2/c1-11-8-12-4-2-3-5-13(12)19(11)15(21)10-18(6-7-20)9-14(16)17/h2-5,11,14,20H,6-10H2,1H3. The summed E-state index contributed by atoms with van der Waals surface area (Å²) < 4.78 is 25.0. The van der Waals surface area contributed by atoms with Gasteiger partial charge in [-0.15, -0.1) is 0 Å². The zero-order chi connectivity index (χ0) is 15.4. The van der Waals surface area contributed by atoms with Gasteiger partial charge in [0.1, 0.15) is 0 Å². The number of anilines is 1. The van der Waals surface area contributed by atoms with Gasteiger partial charge in [0.05, 0.1) is 19.7 Å². The van der Waals surface area contributed by atoms with Crippen LogP contribution in [0.5, 0.6) is 0 Å². The summed E-state index contributed by atoms with van der Waals surface area (Å²) in [6.07, 6.45) is -1.75. The summed E-state index contributed by atoms with van der Waals surface area (Å²) in [4.78, 5) is 15.4. The second-order valence-corrected chi connectivity index (χ2v) is 5.30. The van der Waals surface area contributed by atoms with Crippen LogP contribution in [0.4, 0.5) is 14.5 Å². The van der Waals surface area contributed by atoms with Gasteiger partial charge in [-0.25, -0.2) is 8.78 Å². The summed E-state index contributed by atoms with van der Waals surface area (Å²) in [5, 5.41) is 8.93. The van der Waals surface area contributed by atoms with E-state index in [2.05, 4.69) is 0 Å². The molecule has 1 unspecified atom stereocenters. The third kappa shape index (κ3) is 3.77. The third-order valence-corrected chi connectivity index (χ3v) is 3.65. The number of alkyl halides is 2. The van der Waals surface area contributed by atoms with Gasteiger partial charge in [-0.3, -0.25) is 9.69 Å². The van der Waals surface area contributed by atoms with Gasteiger partial charge in [0.15, 0.2) is 0 Å². The maximum atomic E-state index is 12.5. The van der Waals surface area contributed by atoms with Crippen molar-refractivity contribution in [3.63, 3.8) is 0 Å². The average Bonchev–Trinajstić information content (AvgIpc) is 2.73. The number of aliphatic hydroxyl groups excluding tert-OH is 1. The lowest BCUT2D eigenvalue weighted by Crippen LogP contribution is -2.45. The van der Waals surface area contributed by atoms with Crippen molar-refractivity contribution in [1.29, 1.82) is 0 Å². The van der Waals surface area contributed by atoms with Crippen molar-refractivity contribution < 1.29 is 18.7 Å². The van der Waals surface area contributed by atoms with Gasteiger partial charge < -0.3 is 10.0 Å². The van der Waals surface area contributed by atoms with Crippen LogP contribution in [-0.2, 0) is 11.2 Å². The van der Waals surface area contributed by atoms with Crippen LogP contribution in [0.3, 0.4) is 0 Å². The minimum atomic E-state index is -2.52. The molecule has 1 amide bonds. The van der Waals surface area contributed by atoms with Gasteiger partial charge in [0.2, 0.25) is 5.91 Å². The van der Waals surface area contributed by atoms with Crippen LogP contribution in [0, 0.1) is 0 Å². The summed E-state index contributed by atoms with van der Waals surface area (Å²) >= 11 is 0. The van der Waals surface area contributed by atoms with E-state index in [0.717, 1.165) is 17.7 Å². The summed E-state index contributed by atoms with van der Waals surface area (Å²) in [5.74, 6) is -0.207. The predicted octanol–water partition coefficient (Wildman–Crippen LogP) is 1.52. The molecule has 0 bridgehead atoms. The van der Waals surface area contributed by atoms with Crippen molar-refractivity contribution in [1.82, 2.24) is 4.90 Å². The molecule has 2 rings (SSSR count). The van der Waals surface area contributed by atoms with E-state index >= 15 is 0 Å². The molecule has 0 saturated carbocycles. The topological polar surface area (TPSA) is 43.8 Å². The van der Waals surface area contributed by atoms with Gasteiger partial charge in [-0.05, 0) is 25.0 Å². The van der Waals surface area contributed by atoms with Crippen molar-refractivity contribution in [2.45, 2.75) is 25.8 Å². The molecule has 1 aliphatic rings. The van der Waals surface area contributed by atoms with Gasteiger partial charge in [-0.2, -0.15) is 0 Å². The number of carbonyl (C=O) groups is 1. The molecule has 0 spiro atoms. The number of fused-ring (bicyclic) bond motifs is 1. The van der Waals surface area contributed by atoms with E-state index in [-0.39, 0.29) is 31.6 Å². The summed E-state index contributed by atoms with van der Waals surface area (Å²) in [6.45, 7) is 1.16. The monoisotopic (exact) mass is 298 g/mol. The van der Waals surface area contributed by atoms with Crippen LogP contribution in [-0.4, -0.2) is 54.6 Å². The second kappa shape index (κ2) is 6.95. The zero-order valence-electron chi connectivity index (χ0n) is 12.0. The fraction of sp³-hybridized carbons (Fsp3) is 0.533. The number of rotatable bonds is 6. The number of amides is 1. The smallest absolute Gasteiger partial charge is 0.251 e. The molecule has 4 nitrogen and oxygen atoms in total. The van der Waals surface area contributed by atoms with E-state index in [0.29, 0.717) is 0 Å². The molecule has 116 valence electrons. The number of halogens is 2. The number of aliphatic hydroxyl groups is 1. The van der Waals surface area contributed by atoms with Gasteiger partial charge in [0, 0.05) is 18.3 Å². The van der Waals surface area contributed by atoms with Crippen molar-refractivity contribution in [2.24, 2.45) is 0 Å². The Bertz CT molecular complexity index is 496. The van der Waals surface area contributed by atoms with E-state index in [9.17, 15) is 13.6 Å². The largest absolute Gasteiger partial charge is 0.395 e. The van der Waals surface area contributed by atoms with Crippen molar-refractivity contribution in [2.75, 3.05) is 31.1 Å². The lowest BCUT2D eigenvalue weighted by atomic mass is 10.1. The highest BCUT2D eigenvalue weighted by molar-refractivity contribution is 5.97. The molecule has 1 aromatic carbocycles. The first-order valence-electron chi connectivity index (χ1n) is 7.04. The minimum absolute atomic E-state index is 0.0254. The SMILES string of the molecule is CC1Cc2ccccc2N1C(=O)CN(CCO)CC(F)F. The molecule has 0 saturated heterocycles. The Morgan fingerprint density at radius 3 is 2.86 bits per heavy atom. The average molecular weight is 298 g/mol. The predicted molar refractivity (Wildman–Crippen MR) is 76.6 cm³/mol. The van der Waals surface area contributed by atoms with E-state index in [4.69, 9.17) is 5.11 Å². The number of carbonyl (C=O) groups excluding carboxylic acids is 1. The number of para-hydroxylation sites is 1. The Labute approximate surface area is 123 Å². The van der Waals surface area contributed by atoms with Crippen LogP contribution in [0.25, 0.3) is 0 Å². The Kier molecular flexibility index (Phi) is 5.25. The molecule has 0 radical (unpaired) electrons. The van der Waals surface area contributed by atoms with Crippen LogP contribution in [0.1, 0.15) is 12.5 Å². The van der Waals surface area contributed by atoms with Crippen LogP contribution in [0.2, 0.25) is 0 Å². The highest BCUT2D eigenvalue weighted by Crippen LogP contribution is 2.31. The van der Waals surface area contributed by atoms with E-state index < -0.39 is 13.0 Å². The minimum Gasteiger partial charge on any atom is -0.395 e. The highest BCUT2D eigenvalue weighted by Gasteiger charge is 2.31. The summed E-state index contributed by atoms with van der Waals surface area (Å²) in [5.41, 5.74) is 1.96. The quantitative estimate of drug-likeness (QED) is 0.866. The highest BCUT2D eigenvalue weighted by atomic mass is 19.3. The first kappa shape index (κ1) is 15.9. The summed E-state index contributed by atoms with van der Waals surface area (Å²) in [7, 11) is 0. The molecule has 1 aromatic rings. The maximum Gasteiger partial charge on any atom is 0.251 e. The number of hydrogen-bond donors (Lipinski definition) is 1. The van der Waals surface area contributed by atoms with Gasteiger partial charge in [0.25, 0.3) is 6.43 Å². The van der Waals surface area contributed by atoms with Crippen molar-refractivity contribution in [3.05, 3.63) is 29.8 Å². The second-order valence-electron chi connectivity index (χ2n) is 5.30. The first-order chi connectivity index (χ1) is 10.0. The first-order valence-corrected chi connectivity index (χ1v) is 7.04. The molecule has 21 heavy (non-hydrogen) atoms. The lowest BCUT2D eigenvalue weighted by Gasteiger charge is -2.27. The lowest BCUT2D eigenvalue weighted by molar-refractivity contribution is -0.120. The van der Waals surface area contributed by atoms with E-state index in [1.165, 1.54) is 4.90 Å². The number of hydrogen-bond acceptors (Lipinski definition) is 3. The molecule has 1 aliphatic heterocycles. The molecule has 0 fully saturated rings. The van der Waals surface area contributed by atoms with E-state index in [1.54, 1.807) is 4.90 Å². The van der Waals surface area contributed by atoms with Crippen molar-refractivity contribution in [3.8, 4) is 0 Å². The fourth-order valence-electron chi connectivity index (χ4n) is 2.78. The molecule has 1 N–H and O–H groups in total. The van der Waals surface area contributed by atoms with E-state index in [1.807, 2.05) is 31.2 Å². The number of benzene rings is 1. The Balaban J connectivity index is 2.08. The molecule has 0 aliphatic carbocycles. The summed E-state index contributed by atoms with van der Waals surface area (Å²) in [6, 6.07) is 7.66. The zero-order valence-corrected chi connectivity index (χ0v) is 12.0. The molecule has 1 heterocycles. The Morgan fingerprint density at radius 2 is 2.19 bits per heavy atom. The molecule has 1 atom stereocenters. The maximum absolute atomic E-state index is 12.5. The van der Waals surface area contributed by atoms with Gasteiger partial charge in [-0.1, -0.05) is 18.2 Å². The van der Waals surface area contributed by atoms with Crippen molar-refractivity contribution >= 4 is 11.6 Å². The Hall–Kier alpha value is -1.53. The van der Waals surface area contributed by atoms with Crippen LogP contribution >= 0.6 is 0 Å².